The molecule has 2 aromatic rings. The van der Waals surface area contributed by atoms with E-state index in [1.54, 1.807) is 12.1 Å². The average molecular weight is 387 g/mol. The number of benzene rings is 2. The minimum absolute atomic E-state index is 0.145. The van der Waals surface area contributed by atoms with Gasteiger partial charge in [-0.25, -0.2) is 4.79 Å². The van der Waals surface area contributed by atoms with E-state index >= 15 is 0 Å². The molecule has 0 aliphatic carbocycles. The molecule has 3 heteroatoms. The summed E-state index contributed by atoms with van der Waals surface area (Å²) in [4.78, 5) is 11.0. The second-order valence-corrected chi connectivity index (χ2v) is 7.36. The van der Waals surface area contributed by atoms with Crippen molar-refractivity contribution in [3.8, 4) is 0 Å². The van der Waals surface area contributed by atoms with Gasteiger partial charge >= 0.3 is 5.97 Å². The summed E-state index contributed by atoms with van der Waals surface area (Å²) in [6.07, 6.45) is 2.98. The van der Waals surface area contributed by atoms with Crippen molar-refractivity contribution >= 4 is 21.9 Å². The monoisotopic (exact) mass is 386 g/mol. The molecule has 0 heterocycles. The Kier molecular flexibility index (Phi) is 5.66. The SMILES string of the molecule is C/C=C(/C)C(C)(Cc1ccc(C(=O)O)cc1)c1cc(Br)ccc1C. The molecular formula is C21H23BrO2. The van der Waals surface area contributed by atoms with Gasteiger partial charge in [0, 0.05) is 9.89 Å². The zero-order chi connectivity index (χ0) is 17.9. The third-order valence-corrected chi connectivity index (χ3v) is 5.35. The van der Waals surface area contributed by atoms with E-state index in [-0.39, 0.29) is 5.41 Å². The van der Waals surface area contributed by atoms with Gasteiger partial charge in [-0.05, 0) is 68.1 Å². The van der Waals surface area contributed by atoms with Crippen LogP contribution in [0.15, 0.2) is 58.6 Å². The Morgan fingerprint density at radius 1 is 1.21 bits per heavy atom. The van der Waals surface area contributed by atoms with Crippen molar-refractivity contribution in [2.24, 2.45) is 0 Å². The fourth-order valence-electron chi connectivity index (χ4n) is 3.13. The molecule has 126 valence electrons. The second kappa shape index (κ2) is 7.35. The lowest BCUT2D eigenvalue weighted by atomic mass is 9.70. The summed E-state index contributed by atoms with van der Waals surface area (Å²) in [6.45, 7) is 8.61. The molecular weight excluding hydrogens is 364 g/mol. The maximum absolute atomic E-state index is 11.0. The first-order chi connectivity index (χ1) is 11.3. The minimum Gasteiger partial charge on any atom is -0.478 e. The number of carbonyl (C=O) groups is 1. The first-order valence-electron chi connectivity index (χ1n) is 8.00. The van der Waals surface area contributed by atoms with Crippen LogP contribution in [0.1, 0.15) is 47.8 Å². The smallest absolute Gasteiger partial charge is 0.335 e. The number of aryl methyl sites for hydroxylation is 1. The van der Waals surface area contributed by atoms with Crippen molar-refractivity contribution in [1.29, 1.82) is 0 Å². The predicted octanol–water partition coefficient (Wildman–Crippen LogP) is 5.92. The molecule has 0 bridgehead atoms. The van der Waals surface area contributed by atoms with Crippen LogP contribution in [0.25, 0.3) is 0 Å². The van der Waals surface area contributed by atoms with Gasteiger partial charge in [-0.3, -0.25) is 0 Å². The highest BCUT2D eigenvalue weighted by Gasteiger charge is 2.30. The number of carboxylic acids is 1. The van der Waals surface area contributed by atoms with E-state index in [4.69, 9.17) is 5.11 Å². The van der Waals surface area contributed by atoms with Crippen LogP contribution in [0.2, 0.25) is 0 Å². The van der Waals surface area contributed by atoms with Gasteiger partial charge in [0.1, 0.15) is 0 Å². The maximum Gasteiger partial charge on any atom is 0.335 e. The lowest BCUT2D eigenvalue weighted by molar-refractivity contribution is 0.0697. The summed E-state index contributed by atoms with van der Waals surface area (Å²) in [5, 5.41) is 9.07. The van der Waals surface area contributed by atoms with E-state index in [1.165, 1.54) is 16.7 Å². The summed E-state index contributed by atoms with van der Waals surface area (Å²) in [7, 11) is 0. The van der Waals surface area contributed by atoms with Crippen molar-refractivity contribution in [1.82, 2.24) is 0 Å². The van der Waals surface area contributed by atoms with E-state index in [9.17, 15) is 4.79 Å². The average Bonchev–Trinajstić information content (AvgIpc) is 2.56. The molecule has 2 nitrogen and oxygen atoms in total. The van der Waals surface area contributed by atoms with Crippen LogP contribution in [-0.2, 0) is 11.8 Å². The fourth-order valence-corrected chi connectivity index (χ4v) is 3.49. The molecule has 2 rings (SSSR count). The van der Waals surface area contributed by atoms with Gasteiger partial charge in [0.2, 0.25) is 0 Å². The molecule has 1 unspecified atom stereocenters. The van der Waals surface area contributed by atoms with Gasteiger partial charge < -0.3 is 5.11 Å². The second-order valence-electron chi connectivity index (χ2n) is 6.44. The summed E-state index contributed by atoms with van der Waals surface area (Å²) in [5.41, 5.74) is 5.14. The Morgan fingerprint density at radius 2 is 1.83 bits per heavy atom. The number of halogens is 1. The number of hydrogen-bond donors (Lipinski definition) is 1. The molecule has 0 aromatic heterocycles. The van der Waals surface area contributed by atoms with Gasteiger partial charge in [0.05, 0.1) is 5.56 Å². The molecule has 0 aliphatic rings. The largest absolute Gasteiger partial charge is 0.478 e. The van der Waals surface area contributed by atoms with Gasteiger partial charge in [-0.1, -0.05) is 52.7 Å². The van der Waals surface area contributed by atoms with Crippen LogP contribution in [0.5, 0.6) is 0 Å². The van der Waals surface area contributed by atoms with Crippen LogP contribution < -0.4 is 0 Å². The van der Waals surface area contributed by atoms with E-state index in [0.29, 0.717) is 5.56 Å². The number of allylic oxidation sites excluding steroid dienone is 2. The normalized spacial score (nSPS) is 14.3. The van der Waals surface area contributed by atoms with E-state index < -0.39 is 5.97 Å². The quantitative estimate of drug-likeness (QED) is 0.647. The lowest BCUT2D eigenvalue weighted by Crippen LogP contribution is -2.27. The van der Waals surface area contributed by atoms with E-state index in [0.717, 1.165) is 16.5 Å². The number of hydrogen-bond acceptors (Lipinski definition) is 1. The Morgan fingerprint density at radius 3 is 2.38 bits per heavy atom. The highest BCUT2D eigenvalue weighted by molar-refractivity contribution is 9.10. The molecule has 0 fully saturated rings. The Labute approximate surface area is 152 Å². The third kappa shape index (κ3) is 3.78. The molecule has 2 aromatic carbocycles. The lowest BCUT2D eigenvalue weighted by Gasteiger charge is -2.33. The maximum atomic E-state index is 11.0. The van der Waals surface area contributed by atoms with E-state index in [2.05, 4.69) is 67.9 Å². The Hall–Kier alpha value is -1.87. The molecule has 0 aliphatic heterocycles. The van der Waals surface area contributed by atoms with Crippen LogP contribution in [-0.4, -0.2) is 11.1 Å². The minimum atomic E-state index is -0.892. The number of rotatable bonds is 5. The van der Waals surface area contributed by atoms with Crippen LogP contribution >= 0.6 is 15.9 Å². The summed E-state index contributed by atoms with van der Waals surface area (Å²) in [6, 6.07) is 13.6. The zero-order valence-electron chi connectivity index (χ0n) is 14.6. The third-order valence-electron chi connectivity index (χ3n) is 4.86. The van der Waals surface area contributed by atoms with Crippen LogP contribution in [0, 0.1) is 6.92 Å². The first-order valence-corrected chi connectivity index (χ1v) is 8.79. The van der Waals surface area contributed by atoms with Crippen LogP contribution in [0.3, 0.4) is 0 Å². The first kappa shape index (κ1) is 18.5. The van der Waals surface area contributed by atoms with Gasteiger partial charge in [0.15, 0.2) is 0 Å². The molecule has 0 saturated heterocycles. The summed E-state index contributed by atoms with van der Waals surface area (Å²) < 4.78 is 1.07. The van der Waals surface area contributed by atoms with Crippen molar-refractivity contribution in [3.05, 3.63) is 80.8 Å². The molecule has 24 heavy (non-hydrogen) atoms. The van der Waals surface area contributed by atoms with Gasteiger partial charge in [0.25, 0.3) is 0 Å². The Bertz CT molecular complexity index is 775. The standard InChI is InChI=1S/C21H23BrO2/c1-5-15(3)21(4,19-12-18(22)11-6-14(19)2)13-16-7-9-17(10-8-16)20(23)24/h5-12H,13H2,1-4H3,(H,23,24)/b15-5-. The highest BCUT2D eigenvalue weighted by atomic mass is 79.9. The number of carboxylic acid groups (broad SMARTS) is 1. The fraction of sp³-hybridized carbons (Fsp3) is 0.286. The zero-order valence-corrected chi connectivity index (χ0v) is 16.1. The molecule has 0 amide bonds. The summed E-state index contributed by atoms with van der Waals surface area (Å²) >= 11 is 3.59. The molecule has 0 spiro atoms. The van der Waals surface area contributed by atoms with E-state index in [1.807, 2.05) is 12.1 Å². The molecule has 1 atom stereocenters. The van der Waals surface area contributed by atoms with Crippen molar-refractivity contribution < 1.29 is 9.90 Å². The van der Waals surface area contributed by atoms with Crippen molar-refractivity contribution in [3.63, 3.8) is 0 Å². The molecule has 0 radical (unpaired) electrons. The summed E-state index contributed by atoms with van der Waals surface area (Å²) in [5.74, 6) is -0.892. The van der Waals surface area contributed by atoms with Crippen molar-refractivity contribution in [2.45, 2.75) is 39.5 Å². The number of aromatic carboxylic acids is 1. The highest BCUT2D eigenvalue weighted by Crippen LogP contribution is 2.38. The van der Waals surface area contributed by atoms with Gasteiger partial charge in [-0.2, -0.15) is 0 Å². The van der Waals surface area contributed by atoms with Crippen LogP contribution in [0.4, 0.5) is 0 Å². The molecule has 1 N–H and O–H groups in total. The molecule has 0 saturated carbocycles. The van der Waals surface area contributed by atoms with Gasteiger partial charge in [-0.15, -0.1) is 0 Å². The van der Waals surface area contributed by atoms with Crippen molar-refractivity contribution in [2.75, 3.05) is 0 Å². The Balaban J connectivity index is 2.49. The topological polar surface area (TPSA) is 37.3 Å². The predicted molar refractivity (Wildman–Crippen MR) is 103 cm³/mol.